The van der Waals surface area contributed by atoms with E-state index in [0.717, 1.165) is 28.8 Å². The van der Waals surface area contributed by atoms with Crippen LogP contribution in [0.2, 0.25) is 0 Å². The van der Waals surface area contributed by atoms with Crippen LogP contribution in [0, 0.1) is 6.92 Å². The number of ether oxygens (including phenoxy) is 2. The standard InChI is InChI=1S/C29H30F3NO5/c1-3-37-26(28(35)36)17-21-8-14-24(15-9-21)38-18-27(34)33-25(16-20-6-4-19(2)5-7-20)22-10-12-23(13-11-22)29(30,31)32/h4-15,25-26H,3,16-18H2,1-2H3,(H,33,34)(H,35,36)/t25?,26-/m0/s1. The summed E-state index contributed by atoms with van der Waals surface area (Å²) in [6.07, 6.45) is -4.82. The molecule has 3 aromatic carbocycles. The van der Waals surface area contributed by atoms with Gasteiger partial charge in [0.2, 0.25) is 0 Å². The zero-order valence-corrected chi connectivity index (χ0v) is 21.1. The minimum Gasteiger partial charge on any atom is -0.484 e. The number of halogens is 3. The molecule has 9 heteroatoms. The average Bonchev–Trinajstić information content (AvgIpc) is 2.88. The van der Waals surface area contributed by atoms with Gasteiger partial charge in [-0.05, 0) is 61.2 Å². The third kappa shape index (κ3) is 8.62. The summed E-state index contributed by atoms with van der Waals surface area (Å²) in [4.78, 5) is 24.0. The molecule has 0 aliphatic rings. The van der Waals surface area contributed by atoms with Gasteiger partial charge in [-0.25, -0.2) is 4.79 Å². The maximum Gasteiger partial charge on any atom is 0.416 e. The van der Waals surface area contributed by atoms with E-state index < -0.39 is 35.8 Å². The van der Waals surface area contributed by atoms with Crippen LogP contribution in [0.25, 0.3) is 0 Å². The Balaban J connectivity index is 1.65. The Labute approximate surface area is 219 Å². The number of carbonyl (C=O) groups is 2. The van der Waals surface area contributed by atoms with Gasteiger partial charge in [0.25, 0.3) is 5.91 Å². The number of carboxylic acids is 1. The van der Waals surface area contributed by atoms with Crippen molar-refractivity contribution in [3.05, 3.63) is 101 Å². The summed E-state index contributed by atoms with van der Waals surface area (Å²) in [6.45, 7) is 3.65. The Morgan fingerprint density at radius 3 is 2.03 bits per heavy atom. The largest absolute Gasteiger partial charge is 0.484 e. The van der Waals surface area contributed by atoms with Gasteiger partial charge in [0.05, 0.1) is 11.6 Å². The lowest BCUT2D eigenvalue weighted by Crippen LogP contribution is -2.33. The molecule has 0 spiro atoms. The van der Waals surface area contributed by atoms with Crippen molar-refractivity contribution in [3.63, 3.8) is 0 Å². The first kappa shape index (κ1) is 28.7. The second-order valence-electron chi connectivity index (χ2n) is 8.85. The minimum atomic E-state index is -4.45. The summed E-state index contributed by atoms with van der Waals surface area (Å²) < 4.78 is 49.8. The SMILES string of the molecule is CCO[C@@H](Cc1ccc(OCC(=O)NC(Cc2ccc(C)cc2)c2ccc(C(F)(F)F)cc2)cc1)C(=O)O. The third-order valence-electron chi connectivity index (χ3n) is 5.89. The maximum absolute atomic E-state index is 13.0. The number of benzene rings is 3. The average molecular weight is 530 g/mol. The molecule has 0 saturated carbocycles. The second kappa shape index (κ2) is 13.1. The van der Waals surface area contributed by atoms with E-state index in [-0.39, 0.29) is 19.6 Å². The molecule has 0 bridgehead atoms. The predicted octanol–water partition coefficient (Wildman–Crippen LogP) is 5.53. The van der Waals surface area contributed by atoms with E-state index in [9.17, 15) is 27.9 Å². The van der Waals surface area contributed by atoms with Gasteiger partial charge in [-0.2, -0.15) is 13.2 Å². The summed E-state index contributed by atoms with van der Waals surface area (Å²) in [5, 5.41) is 12.1. The molecule has 2 N–H and O–H groups in total. The molecule has 0 radical (unpaired) electrons. The van der Waals surface area contributed by atoms with Crippen molar-refractivity contribution in [2.24, 2.45) is 0 Å². The van der Waals surface area contributed by atoms with Gasteiger partial charge < -0.3 is 19.9 Å². The van der Waals surface area contributed by atoms with E-state index in [4.69, 9.17) is 9.47 Å². The van der Waals surface area contributed by atoms with Crippen LogP contribution in [0.5, 0.6) is 5.75 Å². The van der Waals surface area contributed by atoms with Crippen molar-refractivity contribution in [3.8, 4) is 5.75 Å². The molecular formula is C29H30F3NO5. The molecule has 0 fully saturated rings. The third-order valence-corrected chi connectivity index (χ3v) is 5.89. The van der Waals surface area contributed by atoms with Crippen LogP contribution in [0.3, 0.4) is 0 Å². The number of rotatable bonds is 12. The molecule has 0 aliphatic carbocycles. The fraction of sp³-hybridized carbons (Fsp3) is 0.310. The van der Waals surface area contributed by atoms with Gasteiger partial charge in [0.15, 0.2) is 12.7 Å². The summed E-state index contributed by atoms with van der Waals surface area (Å²) in [7, 11) is 0. The highest BCUT2D eigenvalue weighted by atomic mass is 19.4. The predicted molar refractivity (Wildman–Crippen MR) is 136 cm³/mol. The van der Waals surface area contributed by atoms with Crippen molar-refractivity contribution in [2.75, 3.05) is 13.2 Å². The number of carboxylic acid groups (broad SMARTS) is 1. The quantitative estimate of drug-likeness (QED) is 0.323. The molecule has 0 heterocycles. The molecule has 202 valence electrons. The molecule has 0 aliphatic heterocycles. The summed E-state index contributed by atoms with van der Waals surface area (Å²) in [6, 6.07) is 18.5. The molecule has 3 rings (SSSR count). The first-order valence-electron chi connectivity index (χ1n) is 12.1. The van der Waals surface area contributed by atoms with Crippen molar-refractivity contribution >= 4 is 11.9 Å². The number of nitrogens with one attached hydrogen (secondary N) is 1. The molecule has 1 amide bonds. The number of aliphatic carboxylic acids is 1. The Morgan fingerprint density at radius 1 is 0.895 bits per heavy atom. The molecule has 0 aromatic heterocycles. The highest BCUT2D eigenvalue weighted by Crippen LogP contribution is 2.30. The van der Waals surface area contributed by atoms with E-state index >= 15 is 0 Å². The Bertz CT molecular complexity index is 1190. The van der Waals surface area contributed by atoms with E-state index in [1.165, 1.54) is 12.1 Å². The minimum absolute atomic E-state index is 0.192. The topological polar surface area (TPSA) is 84.9 Å². The summed E-state index contributed by atoms with van der Waals surface area (Å²) >= 11 is 0. The normalized spacial score (nSPS) is 13.0. The van der Waals surface area contributed by atoms with Gasteiger partial charge in [-0.1, -0.05) is 54.1 Å². The van der Waals surface area contributed by atoms with Gasteiger partial charge in [0.1, 0.15) is 5.75 Å². The van der Waals surface area contributed by atoms with Crippen LogP contribution in [0.1, 0.15) is 40.8 Å². The Morgan fingerprint density at radius 2 is 1.47 bits per heavy atom. The lowest BCUT2D eigenvalue weighted by Gasteiger charge is -2.20. The second-order valence-corrected chi connectivity index (χ2v) is 8.85. The van der Waals surface area contributed by atoms with Crippen LogP contribution >= 0.6 is 0 Å². The Hall–Kier alpha value is -3.85. The molecular weight excluding hydrogens is 499 g/mol. The van der Waals surface area contributed by atoms with Crippen molar-refractivity contribution in [2.45, 2.75) is 45.0 Å². The van der Waals surface area contributed by atoms with Crippen LogP contribution in [0.15, 0.2) is 72.8 Å². The Kier molecular flexibility index (Phi) is 9.90. The van der Waals surface area contributed by atoms with E-state index in [2.05, 4.69) is 5.32 Å². The summed E-state index contributed by atoms with van der Waals surface area (Å²) in [5.41, 5.74) is 2.51. The number of hydrogen-bond donors (Lipinski definition) is 2. The molecule has 0 saturated heterocycles. The van der Waals surface area contributed by atoms with Gasteiger partial charge in [-0.3, -0.25) is 4.79 Å². The molecule has 3 aromatic rings. The monoisotopic (exact) mass is 529 g/mol. The van der Waals surface area contributed by atoms with Crippen molar-refractivity contribution < 1.29 is 37.3 Å². The van der Waals surface area contributed by atoms with Crippen LogP contribution in [-0.2, 0) is 33.3 Å². The van der Waals surface area contributed by atoms with Crippen LogP contribution in [0.4, 0.5) is 13.2 Å². The number of aryl methyl sites for hydroxylation is 1. The summed E-state index contributed by atoms with van der Waals surface area (Å²) in [5.74, 6) is -1.07. The van der Waals surface area contributed by atoms with Gasteiger partial charge in [-0.15, -0.1) is 0 Å². The number of alkyl halides is 3. The zero-order valence-electron chi connectivity index (χ0n) is 21.1. The lowest BCUT2D eigenvalue weighted by molar-refractivity contribution is -0.150. The van der Waals surface area contributed by atoms with E-state index in [1.54, 1.807) is 31.2 Å². The van der Waals surface area contributed by atoms with Gasteiger partial charge >= 0.3 is 12.1 Å². The molecule has 38 heavy (non-hydrogen) atoms. The van der Waals surface area contributed by atoms with E-state index in [1.807, 2.05) is 31.2 Å². The van der Waals surface area contributed by atoms with Crippen molar-refractivity contribution in [1.29, 1.82) is 0 Å². The molecule has 2 atom stereocenters. The van der Waals surface area contributed by atoms with E-state index in [0.29, 0.717) is 17.7 Å². The molecule has 1 unspecified atom stereocenters. The highest BCUT2D eigenvalue weighted by molar-refractivity contribution is 5.78. The molecule has 6 nitrogen and oxygen atoms in total. The lowest BCUT2D eigenvalue weighted by atomic mass is 9.97. The number of amides is 1. The van der Waals surface area contributed by atoms with Crippen molar-refractivity contribution in [1.82, 2.24) is 5.32 Å². The number of carbonyl (C=O) groups excluding carboxylic acids is 1. The first-order chi connectivity index (χ1) is 18.0. The smallest absolute Gasteiger partial charge is 0.416 e. The van der Waals surface area contributed by atoms with Crippen LogP contribution in [-0.4, -0.2) is 36.3 Å². The number of hydrogen-bond acceptors (Lipinski definition) is 4. The maximum atomic E-state index is 13.0. The first-order valence-corrected chi connectivity index (χ1v) is 12.1. The van der Waals surface area contributed by atoms with Gasteiger partial charge in [0, 0.05) is 13.0 Å². The fourth-order valence-electron chi connectivity index (χ4n) is 3.86. The zero-order chi connectivity index (χ0) is 27.7. The van der Waals surface area contributed by atoms with Crippen LogP contribution < -0.4 is 10.1 Å². The highest BCUT2D eigenvalue weighted by Gasteiger charge is 2.30. The fourth-order valence-corrected chi connectivity index (χ4v) is 3.86.